The highest BCUT2D eigenvalue weighted by Gasteiger charge is 2.13. The minimum absolute atomic E-state index is 0.349. The van der Waals surface area contributed by atoms with Crippen LogP contribution in [0.25, 0.3) is 22.0 Å². The number of benzene rings is 2. The molecule has 2 aromatic heterocycles. The topological polar surface area (TPSA) is 74.8 Å². The Morgan fingerprint density at radius 3 is 2.67 bits per heavy atom. The zero-order valence-electron chi connectivity index (χ0n) is 16.2. The average Bonchev–Trinajstić information content (AvgIpc) is 2.77. The number of aromatic nitrogens is 3. The molecule has 0 fully saturated rings. The fourth-order valence-corrected chi connectivity index (χ4v) is 3.99. The van der Waals surface area contributed by atoms with Gasteiger partial charge in [-0.1, -0.05) is 29.8 Å². The van der Waals surface area contributed by atoms with Crippen molar-refractivity contribution in [1.29, 1.82) is 0 Å². The van der Waals surface area contributed by atoms with Crippen LogP contribution in [0.4, 0.5) is 21.8 Å². The molecule has 0 radical (unpaired) electrons. The van der Waals surface area contributed by atoms with Gasteiger partial charge in [0.25, 0.3) is 0 Å². The Hall–Kier alpha value is -3.10. The highest BCUT2D eigenvalue weighted by atomic mass is 35.5. The fourth-order valence-electron chi connectivity index (χ4n) is 2.95. The summed E-state index contributed by atoms with van der Waals surface area (Å²) in [4.78, 5) is 13.6. The number of hydrogen-bond donors (Lipinski definition) is 3. The molecule has 152 valence electrons. The van der Waals surface area contributed by atoms with E-state index >= 15 is 4.39 Å². The average molecular weight is 441 g/mol. The van der Waals surface area contributed by atoms with E-state index in [1.165, 1.54) is 11.9 Å². The van der Waals surface area contributed by atoms with Crippen LogP contribution >= 0.6 is 23.5 Å². The molecule has 3 N–H and O–H groups in total. The van der Waals surface area contributed by atoms with Crippen LogP contribution in [0.1, 0.15) is 0 Å². The van der Waals surface area contributed by atoms with E-state index in [0.717, 1.165) is 21.4 Å². The second-order valence-corrected chi connectivity index (χ2v) is 7.62. The molecule has 0 aliphatic heterocycles. The van der Waals surface area contributed by atoms with Crippen molar-refractivity contribution in [3.63, 3.8) is 0 Å². The number of hydrogen-bond acceptors (Lipinski definition) is 7. The number of nitrogens with one attached hydrogen (secondary N) is 3. The van der Waals surface area contributed by atoms with E-state index in [0.29, 0.717) is 28.0 Å². The molecule has 0 aliphatic carbocycles. The number of nitrogens with zero attached hydrogens (tertiary/aromatic N) is 3. The van der Waals surface area contributed by atoms with Crippen LogP contribution in [0.5, 0.6) is 0 Å². The van der Waals surface area contributed by atoms with E-state index in [9.17, 15) is 0 Å². The second kappa shape index (κ2) is 8.73. The van der Waals surface area contributed by atoms with Crippen molar-refractivity contribution in [3.05, 3.63) is 65.7 Å². The summed E-state index contributed by atoms with van der Waals surface area (Å²) < 4.78 is 18.3. The van der Waals surface area contributed by atoms with Gasteiger partial charge in [-0.3, -0.25) is 0 Å². The number of anilines is 3. The summed E-state index contributed by atoms with van der Waals surface area (Å²) in [6.45, 7) is 0. The minimum atomic E-state index is -0.349. The second-order valence-electron chi connectivity index (χ2n) is 6.34. The summed E-state index contributed by atoms with van der Waals surface area (Å²) in [7, 11) is 3.53. The van der Waals surface area contributed by atoms with Gasteiger partial charge in [0.1, 0.15) is 5.82 Å². The predicted octanol–water partition coefficient (Wildman–Crippen LogP) is 5.69. The fraction of sp³-hybridized carbons (Fsp3) is 0.0952. The van der Waals surface area contributed by atoms with Gasteiger partial charge in [-0.15, -0.1) is 0 Å². The molecule has 0 bridgehead atoms. The standard InChI is InChI=1S/C21H18ClFN6S/c1-24-20-18(9-14(22)11-26-20)30-29-17-5-3-4-15(19(17)23)12-6-7-16-13(8-12)10-27-21(25-2)28-16/h3-11,29H,1-2H3,(H,24,26)(H,25,27,28). The van der Waals surface area contributed by atoms with Gasteiger partial charge in [-0.05, 0) is 41.8 Å². The first kappa shape index (κ1) is 20.2. The maximum absolute atomic E-state index is 15.3. The normalized spacial score (nSPS) is 10.8. The van der Waals surface area contributed by atoms with Crippen molar-refractivity contribution in [2.75, 3.05) is 29.5 Å². The maximum Gasteiger partial charge on any atom is 0.222 e. The molecule has 0 atom stereocenters. The molecule has 0 unspecified atom stereocenters. The molecule has 30 heavy (non-hydrogen) atoms. The molecule has 2 aromatic carbocycles. The van der Waals surface area contributed by atoms with Crippen LogP contribution in [0, 0.1) is 5.82 Å². The molecule has 0 aliphatic rings. The number of pyridine rings is 1. The lowest BCUT2D eigenvalue weighted by molar-refractivity contribution is 0.636. The van der Waals surface area contributed by atoms with E-state index < -0.39 is 0 Å². The van der Waals surface area contributed by atoms with Gasteiger partial charge in [0.15, 0.2) is 5.82 Å². The Labute approximate surface area is 182 Å². The van der Waals surface area contributed by atoms with Crippen LogP contribution in [0.2, 0.25) is 5.02 Å². The smallest absolute Gasteiger partial charge is 0.222 e. The van der Waals surface area contributed by atoms with Crippen molar-refractivity contribution in [2.45, 2.75) is 4.90 Å². The van der Waals surface area contributed by atoms with Crippen molar-refractivity contribution < 1.29 is 4.39 Å². The van der Waals surface area contributed by atoms with Gasteiger partial charge < -0.3 is 15.4 Å². The van der Waals surface area contributed by atoms with Crippen LogP contribution in [-0.2, 0) is 0 Å². The van der Waals surface area contributed by atoms with Gasteiger partial charge in [0, 0.05) is 37.4 Å². The molecular formula is C21H18ClFN6S. The summed E-state index contributed by atoms with van der Waals surface area (Å²) in [5.74, 6) is 0.850. The lowest BCUT2D eigenvalue weighted by Crippen LogP contribution is -1.98. The molecule has 0 saturated heterocycles. The van der Waals surface area contributed by atoms with Gasteiger partial charge >= 0.3 is 0 Å². The quantitative estimate of drug-likeness (QED) is 0.333. The molecule has 9 heteroatoms. The lowest BCUT2D eigenvalue weighted by atomic mass is 10.0. The van der Waals surface area contributed by atoms with E-state index in [2.05, 4.69) is 30.3 Å². The first-order chi connectivity index (χ1) is 14.6. The highest BCUT2D eigenvalue weighted by molar-refractivity contribution is 8.00. The molecule has 6 nitrogen and oxygen atoms in total. The predicted molar refractivity (Wildman–Crippen MR) is 123 cm³/mol. The first-order valence-corrected chi connectivity index (χ1v) is 10.3. The number of rotatable bonds is 6. The van der Waals surface area contributed by atoms with Gasteiger partial charge in [-0.25, -0.2) is 19.3 Å². The van der Waals surface area contributed by atoms with Gasteiger partial charge in [0.2, 0.25) is 5.95 Å². The van der Waals surface area contributed by atoms with Gasteiger partial charge in [0.05, 0.1) is 21.1 Å². The molecule has 0 amide bonds. The molecule has 4 rings (SSSR count). The summed E-state index contributed by atoms with van der Waals surface area (Å²) >= 11 is 7.28. The van der Waals surface area contributed by atoms with Crippen molar-refractivity contribution in [1.82, 2.24) is 15.0 Å². The summed E-state index contributed by atoms with van der Waals surface area (Å²) in [6, 6.07) is 12.6. The summed E-state index contributed by atoms with van der Waals surface area (Å²) in [5, 5.41) is 7.25. The van der Waals surface area contributed by atoms with E-state index in [-0.39, 0.29) is 5.82 Å². The highest BCUT2D eigenvalue weighted by Crippen LogP contribution is 2.34. The van der Waals surface area contributed by atoms with E-state index in [1.807, 2.05) is 18.2 Å². The third kappa shape index (κ3) is 4.10. The van der Waals surface area contributed by atoms with Crippen LogP contribution in [-0.4, -0.2) is 29.0 Å². The van der Waals surface area contributed by atoms with Crippen LogP contribution in [0.15, 0.2) is 59.8 Å². The maximum atomic E-state index is 15.3. The molecule has 0 spiro atoms. The molecule has 0 saturated carbocycles. The third-order valence-electron chi connectivity index (χ3n) is 4.44. The van der Waals surface area contributed by atoms with E-state index in [4.69, 9.17) is 11.6 Å². The molecular weight excluding hydrogens is 423 g/mol. The third-order valence-corrected chi connectivity index (χ3v) is 5.50. The van der Waals surface area contributed by atoms with E-state index in [1.54, 1.807) is 50.8 Å². The molecule has 4 aromatic rings. The Kier molecular flexibility index (Phi) is 5.87. The monoisotopic (exact) mass is 440 g/mol. The minimum Gasteiger partial charge on any atom is -0.372 e. The number of halogens is 2. The van der Waals surface area contributed by atoms with Crippen molar-refractivity contribution in [2.24, 2.45) is 0 Å². The Morgan fingerprint density at radius 2 is 1.87 bits per heavy atom. The zero-order chi connectivity index (χ0) is 21.1. The van der Waals surface area contributed by atoms with Crippen LogP contribution in [0.3, 0.4) is 0 Å². The summed E-state index contributed by atoms with van der Waals surface area (Å²) in [5.41, 5.74) is 2.38. The van der Waals surface area contributed by atoms with Gasteiger partial charge in [-0.2, -0.15) is 0 Å². The molecule has 2 heterocycles. The Morgan fingerprint density at radius 1 is 1.00 bits per heavy atom. The lowest BCUT2D eigenvalue weighted by Gasteiger charge is -2.12. The SMILES string of the molecule is CNc1ncc2cc(-c3cccc(NSc4cc(Cl)cnc4NC)c3F)ccc2n1. The Bertz CT molecular complexity index is 1220. The largest absolute Gasteiger partial charge is 0.372 e. The van der Waals surface area contributed by atoms with Crippen LogP contribution < -0.4 is 15.4 Å². The first-order valence-electron chi connectivity index (χ1n) is 9.08. The number of fused-ring (bicyclic) bond motifs is 1. The zero-order valence-corrected chi connectivity index (χ0v) is 17.8. The van der Waals surface area contributed by atoms with Crippen molar-refractivity contribution >= 4 is 51.9 Å². The Balaban J connectivity index is 1.63. The summed E-state index contributed by atoms with van der Waals surface area (Å²) in [6.07, 6.45) is 3.28. The van der Waals surface area contributed by atoms with Crippen molar-refractivity contribution in [3.8, 4) is 11.1 Å².